The molecule has 1 aromatic heterocycles. The predicted molar refractivity (Wildman–Crippen MR) is 136 cm³/mol. The molecule has 0 saturated carbocycles. The molecule has 0 unspecified atom stereocenters. The zero-order valence-corrected chi connectivity index (χ0v) is 20.6. The highest BCUT2D eigenvalue weighted by Crippen LogP contribution is 2.52. The number of halogens is 1. The van der Waals surface area contributed by atoms with E-state index in [1.54, 1.807) is 27.7 Å². The predicted octanol–water partition coefficient (Wildman–Crippen LogP) is 5.52. The zero-order chi connectivity index (χ0) is 24.8. The van der Waals surface area contributed by atoms with Gasteiger partial charge in [0.15, 0.2) is 6.10 Å². The summed E-state index contributed by atoms with van der Waals surface area (Å²) in [4.78, 5) is 4.47. The van der Waals surface area contributed by atoms with E-state index in [2.05, 4.69) is 15.4 Å². The summed E-state index contributed by atoms with van der Waals surface area (Å²) in [5.41, 5.74) is 4.55. The Kier molecular flexibility index (Phi) is 5.45. The first kappa shape index (κ1) is 22.3. The van der Waals surface area contributed by atoms with Crippen molar-refractivity contribution in [3.63, 3.8) is 0 Å². The number of hydrogen-bond donors (Lipinski definition) is 1. The molecule has 8 nitrogen and oxygen atoms in total. The first-order valence-corrected chi connectivity index (χ1v) is 11.7. The smallest absolute Gasteiger partial charge is 0.226 e. The highest BCUT2D eigenvalue weighted by atomic mass is 35.5. The van der Waals surface area contributed by atoms with Gasteiger partial charge in [0.05, 0.1) is 27.0 Å². The maximum atomic E-state index is 6.68. The lowest BCUT2D eigenvalue weighted by atomic mass is 9.84. The van der Waals surface area contributed by atoms with Gasteiger partial charge in [-0.05, 0) is 48.0 Å². The van der Waals surface area contributed by atoms with Crippen LogP contribution in [0.2, 0.25) is 5.02 Å². The fourth-order valence-corrected chi connectivity index (χ4v) is 5.01. The van der Waals surface area contributed by atoms with Gasteiger partial charge >= 0.3 is 0 Å². The van der Waals surface area contributed by atoms with Crippen molar-refractivity contribution in [2.75, 3.05) is 26.6 Å². The average Bonchev–Trinajstić information content (AvgIpc) is 3.39. The molecule has 2 aliphatic rings. The van der Waals surface area contributed by atoms with Crippen LogP contribution >= 0.6 is 11.6 Å². The standard InChI is InChI=1S/C27H23ClN4O4/c1-33-17-7-4-15(5-8-17)25-23-24(31-27-29-14-30-32(25)27)20-12-16(28)6-11-21(20)36-26(23)19-10-9-18(34-2)13-22(19)35-3/h4-14,25-26H,1-3H3,(H,29,30,31)/t25-,26+/m0/s1. The summed E-state index contributed by atoms with van der Waals surface area (Å²) < 4.78 is 25.1. The van der Waals surface area contributed by atoms with Crippen molar-refractivity contribution in [3.05, 3.63) is 94.3 Å². The Morgan fingerprint density at radius 1 is 0.917 bits per heavy atom. The molecule has 3 aromatic carbocycles. The van der Waals surface area contributed by atoms with Gasteiger partial charge in [0.1, 0.15) is 35.4 Å². The normalized spacial score (nSPS) is 17.8. The minimum atomic E-state index is -0.494. The van der Waals surface area contributed by atoms with Crippen molar-refractivity contribution in [2.24, 2.45) is 0 Å². The van der Waals surface area contributed by atoms with E-state index >= 15 is 0 Å². The summed E-state index contributed by atoms with van der Waals surface area (Å²) in [6.07, 6.45) is 1.05. The number of hydrogen-bond acceptors (Lipinski definition) is 7. The number of aromatic nitrogens is 3. The minimum Gasteiger partial charge on any atom is -0.497 e. The van der Waals surface area contributed by atoms with E-state index in [1.807, 2.05) is 65.3 Å². The van der Waals surface area contributed by atoms with Gasteiger partial charge < -0.3 is 24.3 Å². The molecule has 0 radical (unpaired) electrons. The van der Waals surface area contributed by atoms with Crippen molar-refractivity contribution < 1.29 is 18.9 Å². The molecule has 2 atom stereocenters. The Morgan fingerprint density at radius 2 is 1.69 bits per heavy atom. The third-order valence-corrected chi connectivity index (χ3v) is 6.77. The summed E-state index contributed by atoms with van der Waals surface area (Å²) >= 11 is 6.42. The first-order chi connectivity index (χ1) is 17.6. The van der Waals surface area contributed by atoms with Gasteiger partial charge in [-0.3, -0.25) is 0 Å². The number of ether oxygens (including phenoxy) is 4. The molecule has 0 amide bonds. The zero-order valence-electron chi connectivity index (χ0n) is 19.9. The van der Waals surface area contributed by atoms with Gasteiger partial charge in [-0.1, -0.05) is 23.7 Å². The fraction of sp³-hybridized carbons (Fsp3) is 0.185. The van der Waals surface area contributed by atoms with Crippen LogP contribution in [0, 0.1) is 0 Å². The van der Waals surface area contributed by atoms with E-state index in [9.17, 15) is 0 Å². The molecule has 9 heteroatoms. The Morgan fingerprint density at radius 3 is 2.44 bits per heavy atom. The first-order valence-electron chi connectivity index (χ1n) is 11.3. The largest absolute Gasteiger partial charge is 0.497 e. The number of anilines is 1. The summed E-state index contributed by atoms with van der Waals surface area (Å²) in [5, 5.41) is 8.66. The Balaban J connectivity index is 1.62. The van der Waals surface area contributed by atoms with Crippen LogP contribution in [-0.4, -0.2) is 36.1 Å². The topological polar surface area (TPSA) is 79.7 Å². The summed E-state index contributed by atoms with van der Waals surface area (Å²) in [6.45, 7) is 0. The van der Waals surface area contributed by atoms with E-state index in [1.165, 1.54) is 0 Å². The molecule has 0 fully saturated rings. The van der Waals surface area contributed by atoms with Crippen LogP contribution < -0.4 is 24.3 Å². The van der Waals surface area contributed by atoms with Crippen molar-refractivity contribution in [1.29, 1.82) is 0 Å². The molecule has 0 saturated heterocycles. The van der Waals surface area contributed by atoms with Gasteiger partial charge in [0, 0.05) is 27.8 Å². The van der Waals surface area contributed by atoms with E-state index in [4.69, 9.17) is 30.5 Å². The lowest BCUT2D eigenvalue weighted by molar-refractivity contribution is 0.217. The Labute approximate surface area is 213 Å². The van der Waals surface area contributed by atoms with Crippen LogP contribution in [0.15, 0.2) is 72.6 Å². The van der Waals surface area contributed by atoms with Gasteiger partial charge in [-0.2, -0.15) is 10.1 Å². The lowest BCUT2D eigenvalue weighted by Gasteiger charge is -2.39. The van der Waals surface area contributed by atoms with Crippen LogP contribution in [-0.2, 0) is 0 Å². The van der Waals surface area contributed by atoms with Crippen LogP contribution in [0.4, 0.5) is 5.95 Å². The number of rotatable bonds is 5. The number of nitrogens with zero attached hydrogens (tertiary/aromatic N) is 3. The van der Waals surface area contributed by atoms with E-state index in [-0.39, 0.29) is 6.04 Å². The minimum absolute atomic E-state index is 0.311. The van der Waals surface area contributed by atoms with Crippen LogP contribution in [0.3, 0.4) is 0 Å². The van der Waals surface area contributed by atoms with Gasteiger partial charge in [0.2, 0.25) is 5.95 Å². The molecular formula is C27H23ClN4O4. The second-order valence-corrected chi connectivity index (χ2v) is 8.84. The van der Waals surface area contributed by atoms with E-state index in [0.717, 1.165) is 33.7 Å². The summed E-state index contributed by atoms with van der Waals surface area (Å²) in [6, 6.07) is 18.9. The summed E-state index contributed by atoms with van der Waals surface area (Å²) in [7, 11) is 4.92. The highest BCUT2D eigenvalue weighted by molar-refractivity contribution is 6.30. The van der Waals surface area contributed by atoms with E-state index < -0.39 is 6.10 Å². The average molecular weight is 503 g/mol. The second-order valence-electron chi connectivity index (χ2n) is 8.41. The highest BCUT2D eigenvalue weighted by Gasteiger charge is 2.42. The van der Waals surface area contributed by atoms with Crippen LogP contribution in [0.5, 0.6) is 23.0 Å². The van der Waals surface area contributed by atoms with Crippen molar-refractivity contribution in [2.45, 2.75) is 12.1 Å². The molecule has 182 valence electrons. The van der Waals surface area contributed by atoms with Crippen molar-refractivity contribution in [3.8, 4) is 23.0 Å². The molecule has 1 N–H and O–H groups in total. The molecule has 4 aromatic rings. The number of fused-ring (bicyclic) bond motifs is 3. The number of benzene rings is 3. The molecule has 36 heavy (non-hydrogen) atoms. The number of nitrogens with one attached hydrogen (secondary N) is 1. The Hall–Kier alpha value is -4.17. The third kappa shape index (κ3) is 3.53. The summed E-state index contributed by atoms with van der Waals surface area (Å²) in [5.74, 6) is 3.45. The quantitative estimate of drug-likeness (QED) is 0.385. The van der Waals surface area contributed by atoms with Crippen molar-refractivity contribution >= 4 is 23.2 Å². The molecule has 0 bridgehead atoms. The number of methoxy groups -OCH3 is 3. The van der Waals surface area contributed by atoms with Crippen LogP contribution in [0.1, 0.15) is 28.8 Å². The van der Waals surface area contributed by atoms with E-state index in [0.29, 0.717) is 28.2 Å². The van der Waals surface area contributed by atoms with Crippen molar-refractivity contribution in [1.82, 2.24) is 14.8 Å². The molecule has 2 aliphatic heterocycles. The second kappa shape index (κ2) is 8.80. The monoisotopic (exact) mass is 502 g/mol. The van der Waals surface area contributed by atoms with Crippen LogP contribution in [0.25, 0.3) is 5.70 Å². The maximum Gasteiger partial charge on any atom is 0.226 e. The fourth-order valence-electron chi connectivity index (χ4n) is 4.84. The molecule has 0 spiro atoms. The molecular weight excluding hydrogens is 480 g/mol. The SMILES string of the molecule is COc1ccc([C@H]2C3=C(Nc4ncnn42)c2cc(Cl)ccc2O[C@@H]3c2ccc(OC)cc2OC)cc1. The Bertz CT molecular complexity index is 1480. The maximum absolute atomic E-state index is 6.68. The molecule has 3 heterocycles. The lowest BCUT2D eigenvalue weighted by Crippen LogP contribution is -2.32. The third-order valence-electron chi connectivity index (χ3n) is 6.53. The van der Waals surface area contributed by atoms with Gasteiger partial charge in [0.25, 0.3) is 0 Å². The van der Waals surface area contributed by atoms with Gasteiger partial charge in [-0.25, -0.2) is 4.68 Å². The molecule has 6 rings (SSSR count). The van der Waals surface area contributed by atoms with Gasteiger partial charge in [-0.15, -0.1) is 0 Å². The molecule has 0 aliphatic carbocycles.